The van der Waals surface area contributed by atoms with E-state index >= 15 is 0 Å². The Morgan fingerprint density at radius 2 is 0.894 bits per heavy atom. The predicted octanol–water partition coefficient (Wildman–Crippen LogP) is -2.92. The highest BCUT2D eigenvalue weighted by Crippen LogP contribution is 2.53. The van der Waals surface area contributed by atoms with Gasteiger partial charge in [0, 0.05) is 67.2 Å². The zero-order chi connectivity index (χ0) is 48.2. The Kier molecular flexibility index (Phi) is 16.8. The number of H-pyrrole nitrogens is 3. The largest absolute Gasteiger partial charge is 0.695 e. The molecule has 3 fully saturated rings. The number of rotatable bonds is 21. The summed E-state index contributed by atoms with van der Waals surface area (Å²) < 4.78 is 118. The number of ether oxygens (including phenoxy) is 6. The number of hydrogen-bond donors (Lipinski definition) is 7. The van der Waals surface area contributed by atoms with E-state index < -0.39 is 159 Å². The molecule has 4 unspecified atom stereocenters. The van der Waals surface area contributed by atoms with Gasteiger partial charge >= 0.3 is 49.2 Å². The maximum atomic E-state index is 13.7. The van der Waals surface area contributed by atoms with E-state index in [4.69, 9.17) is 55.6 Å². The molecule has 364 valence electrons. The van der Waals surface area contributed by atoms with Crippen molar-refractivity contribution in [2.75, 3.05) is 41.2 Å². The van der Waals surface area contributed by atoms with Crippen molar-refractivity contribution >= 4 is 32.2 Å². The lowest BCUT2D eigenvalue weighted by Crippen LogP contribution is -2.40. The molecule has 7 N–H and O–H groups in total. The fourth-order valence-corrected chi connectivity index (χ4v) is 9.82. The van der Waals surface area contributed by atoms with Crippen LogP contribution in [0, 0.1) is 0 Å². The Morgan fingerprint density at radius 1 is 0.561 bits per heavy atom. The van der Waals surface area contributed by atoms with Crippen LogP contribution in [-0.2, 0) is 73.8 Å². The zero-order valence-corrected chi connectivity index (χ0v) is 37.5. The molecule has 66 heavy (non-hydrogen) atoms. The lowest BCUT2D eigenvalue weighted by Gasteiger charge is -2.27. The molecule has 32 nitrogen and oxygen atoms in total. The first-order chi connectivity index (χ1) is 31.1. The van der Waals surface area contributed by atoms with Gasteiger partial charge < -0.3 is 38.2 Å². The van der Waals surface area contributed by atoms with Gasteiger partial charge in [-0.1, -0.05) is 0 Å². The van der Waals surface area contributed by atoms with Crippen molar-refractivity contribution in [3.63, 3.8) is 0 Å². The van der Waals surface area contributed by atoms with Crippen molar-refractivity contribution in [2.24, 2.45) is 0 Å². The SMILES string of the molecule is CO[C@@H]1[C@H](O[P+](=O)O)[C@@H](COP(=O)(O)O[C@H]2[C@@H](OC)[C@H](n3ccc(=O)[nH]c3=O)O[C@@H]2COP(=O)(O)O[C@H]2[C@@H](OC)[C@H](n3ccc(=O)[nH]c3=O)O[C@@H]2CO[P+](=O)O)O[C@H]1n1ccc(=O)[nH]c1=O. The maximum Gasteiger partial charge on any atom is 0.695 e. The number of phosphoric ester groups is 2. The van der Waals surface area contributed by atoms with Crippen LogP contribution in [0.2, 0.25) is 0 Å². The average molecular weight is 1020 g/mol. The van der Waals surface area contributed by atoms with Crippen LogP contribution in [0.3, 0.4) is 0 Å². The van der Waals surface area contributed by atoms with Crippen LogP contribution < -0.4 is 33.7 Å². The molecular weight excluding hydrogens is 984 g/mol. The summed E-state index contributed by atoms with van der Waals surface area (Å²) in [4.78, 5) is 120. The van der Waals surface area contributed by atoms with Crippen molar-refractivity contribution in [1.29, 1.82) is 0 Å². The quantitative estimate of drug-likeness (QED) is 0.0526. The summed E-state index contributed by atoms with van der Waals surface area (Å²) >= 11 is 0. The molecule has 0 saturated carbocycles. The smallest absolute Gasteiger partial charge is 0.374 e. The molecule has 0 spiro atoms. The zero-order valence-electron chi connectivity index (χ0n) is 33.9. The topological polar surface area (TPSA) is 425 Å². The first-order valence-corrected chi connectivity index (χ1v) is 23.8. The highest BCUT2D eigenvalue weighted by Gasteiger charge is 2.55. The van der Waals surface area contributed by atoms with Gasteiger partial charge in [-0.25, -0.2) is 23.5 Å². The molecule has 16 atom stereocenters. The summed E-state index contributed by atoms with van der Waals surface area (Å²) in [5.41, 5.74) is -5.48. The molecule has 6 heterocycles. The molecule has 0 radical (unpaired) electrons. The van der Waals surface area contributed by atoms with Crippen LogP contribution in [0.5, 0.6) is 0 Å². The van der Waals surface area contributed by atoms with Crippen LogP contribution in [0.25, 0.3) is 0 Å². The number of aromatic amines is 3. The van der Waals surface area contributed by atoms with Crippen LogP contribution in [0.15, 0.2) is 65.6 Å². The van der Waals surface area contributed by atoms with Crippen LogP contribution in [0.4, 0.5) is 0 Å². The summed E-state index contributed by atoms with van der Waals surface area (Å²) in [7, 11) is -14.4. The van der Waals surface area contributed by atoms with Crippen molar-refractivity contribution in [3.05, 3.63) is 99.3 Å². The second kappa shape index (κ2) is 21.6. The summed E-state index contributed by atoms with van der Waals surface area (Å²) in [6.45, 7) is -2.91. The Labute approximate surface area is 367 Å². The fraction of sp³-hybridized carbons (Fsp3) is 0.600. The van der Waals surface area contributed by atoms with Gasteiger partial charge in [0.2, 0.25) is 0 Å². The fourth-order valence-electron chi connectivity index (χ4n) is 7.16. The number of nitrogens with one attached hydrogen (secondary N) is 3. The predicted molar refractivity (Wildman–Crippen MR) is 210 cm³/mol. The molecule has 3 aliphatic rings. The van der Waals surface area contributed by atoms with Crippen molar-refractivity contribution < 1.29 is 93.4 Å². The molecule has 0 aromatic carbocycles. The van der Waals surface area contributed by atoms with Crippen molar-refractivity contribution in [2.45, 2.75) is 73.6 Å². The third-order valence-electron chi connectivity index (χ3n) is 9.92. The Bertz CT molecular complexity index is 2710. The minimum atomic E-state index is -5.48. The molecule has 3 saturated heterocycles. The molecule has 3 aliphatic heterocycles. The minimum Gasteiger partial charge on any atom is -0.374 e. The van der Waals surface area contributed by atoms with Gasteiger partial charge in [0.25, 0.3) is 16.7 Å². The summed E-state index contributed by atoms with van der Waals surface area (Å²) in [5.74, 6) is 0. The number of phosphoric acid groups is 2. The van der Waals surface area contributed by atoms with E-state index in [2.05, 4.69) is 0 Å². The molecule has 0 aliphatic carbocycles. The highest BCUT2D eigenvalue weighted by atomic mass is 31.2. The van der Waals surface area contributed by atoms with E-state index in [1.54, 1.807) is 0 Å². The van der Waals surface area contributed by atoms with E-state index in [-0.39, 0.29) is 0 Å². The number of methoxy groups -OCH3 is 3. The molecular formula is C30H40N6O26P4+2. The van der Waals surface area contributed by atoms with E-state index in [9.17, 15) is 66.6 Å². The van der Waals surface area contributed by atoms with E-state index in [1.807, 2.05) is 15.0 Å². The van der Waals surface area contributed by atoms with Crippen LogP contribution in [0.1, 0.15) is 18.7 Å². The minimum absolute atomic E-state index is 0.771. The third-order valence-corrected chi connectivity index (χ3v) is 12.7. The van der Waals surface area contributed by atoms with E-state index in [1.165, 1.54) is 0 Å². The average Bonchev–Trinajstić information content (AvgIpc) is 3.87. The van der Waals surface area contributed by atoms with Gasteiger partial charge in [-0.05, 0) is 0 Å². The number of aromatic nitrogens is 6. The lowest BCUT2D eigenvalue weighted by atomic mass is 10.1. The summed E-state index contributed by atoms with van der Waals surface area (Å²) in [6, 6.07) is 2.81. The second-order valence-electron chi connectivity index (χ2n) is 13.9. The summed E-state index contributed by atoms with van der Waals surface area (Å²) in [5, 5.41) is 0. The monoisotopic (exact) mass is 1020 g/mol. The Hall–Kier alpha value is -3.94. The van der Waals surface area contributed by atoms with Crippen LogP contribution >= 0.6 is 32.2 Å². The van der Waals surface area contributed by atoms with Gasteiger partial charge in [-0.15, -0.1) is 18.8 Å². The normalized spacial score (nSPS) is 31.1. The van der Waals surface area contributed by atoms with E-state index in [0.717, 1.165) is 71.8 Å². The second-order valence-corrected chi connectivity index (χ2v) is 18.1. The molecule has 3 aromatic heterocycles. The van der Waals surface area contributed by atoms with E-state index in [0.29, 0.717) is 0 Å². The standard InChI is InChI=1S/C30H38N6O26P4/c1-51-22-19(60-64(45)46)14(58-25(22)34-7-4-16(37)31-28(34)40)11-55-65(47,48)62-21-15(59-27(24(21)53-3)36-9-6-18(39)33-30(36)42)12-56-66(49,50)61-20-13(10-54-63(43)44)57-26(23(20)52-2)35-8-5-17(38)32-29(35)41/h4-9,13-15,19-27H,10-12H2,1-3H3,(H5-2,31,32,33,37,38,39,40,41,42,43,44,45,46,47,48,49,50)/p+2/t13-,14-,15-,19-,20-,21-,22-,23-,24-,25-,26-,27-/m1/s1. The first kappa shape index (κ1) is 51.5. The number of hydrogen-bond acceptors (Lipinski definition) is 22. The maximum absolute atomic E-state index is 13.7. The lowest BCUT2D eigenvalue weighted by molar-refractivity contribution is -0.0671. The molecule has 36 heteroatoms. The molecule has 0 amide bonds. The van der Waals surface area contributed by atoms with Crippen molar-refractivity contribution in [3.8, 4) is 0 Å². The van der Waals surface area contributed by atoms with Crippen LogP contribution in [-0.4, -0.2) is 144 Å². The molecule has 0 bridgehead atoms. The van der Waals surface area contributed by atoms with Gasteiger partial charge in [0.1, 0.15) is 55.4 Å². The number of nitrogens with zero attached hydrogens (tertiary/aromatic N) is 3. The van der Waals surface area contributed by atoms with Gasteiger partial charge in [-0.3, -0.25) is 61.1 Å². The Balaban J connectivity index is 1.24. The first-order valence-electron chi connectivity index (χ1n) is 18.6. The summed E-state index contributed by atoms with van der Waals surface area (Å²) in [6.07, 6.45) is -16.3. The van der Waals surface area contributed by atoms with Gasteiger partial charge in [0.05, 0.1) is 13.2 Å². The molecule has 6 rings (SSSR count). The third kappa shape index (κ3) is 12.0. The highest BCUT2D eigenvalue weighted by molar-refractivity contribution is 7.47. The van der Waals surface area contributed by atoms with Gasteiger partial charge in [-0.2, -0.15) is 0 Å². The Morgan fingerprint density at radius 3 is 1.21 bits per heavy atom. The van der Waals surface area contributed by atoms with Gasteiger partial charge in [0.15, 0.2) is 24.8 Å². The molecule has 3 aromatic rings. The van der Waals surface area contributed by atoms with Crippen molar-refractivity contribution in [1.82, 2.24) is 28.7 Å².